The summed E-state index contributed by atoms with van der Waals surface area (Å²) in [5.74, 6) is 1.96. The van der Waals surface area contributed by atoms with Gasteiger partial charge in [0.05, 0.1) is 5.69 Å². The number of rotatable bonds is 9. The summed E-state index contributed by atoms with van der Waals surface area (Å²) < 4.78 is 5.29. The van der Waals surface area contributed by atoms with E-state index >= 15 is 0 Å². The first-order valence-electron chi connectivity index (χ1n) is 8.85. The van der Waals surface area contributed by atoms with Crippen LogP contribution in [0.25, 0.3) is 0 Å². The lowest BCUT2D eigenvalue weighted by molar-refractivity contribution is -0.121. The molecule has 0 atom stereocenters. The Labute approximate surface area is 166 Å². The van der Waals surface area contributed by atoms with E-state index in [1.54, 1.807) is 0 Å². The molecule has 1 heterocycles. The first kappa shape index (κ1) is 21.7. The fraction of sp³-hybridized carbons (Fsp3) is 0.706. The minimum Gasteiger partial charge on any atom is -0.359 e. The quantitative estimate of drug-likeness (QED) is 0.227. The highest BCUT2D eigenvalue weighted by Gasteiger charge is 2.22. The standard InChI is InChI=1S/C17H29N5O2.HI/c1-4-18-17(19-9-5-6-16(23)21-13-7-8-13)20-11-14-10-15(12(2)3)22-24-14;/h10,12-13H,4-9,11H2,1-3H3,(H,21,23)(H2,18,19,20);1H. The van der Waals surface area contributed by atoms with Gasteiger partial charge < -0.3 is 20.5 Å². The summed E-state index contributed by atoms with van der Waals surface area (Å²) in [6.45, 7) is 8.10. The number of amides is 1. The highest BCUT2D eigenvalue weighted by atomic mass is 127. The summed E-state index contributed by atoms with van der Waals surface area (Å²) in [4.78, 5) is 16.1. The molecule has 1 saturated carbocycles. The smallest absolute Gasteiger partial charge is 0.220 e. The Kier molecular flexibility index (Phi) is 9.84. The number of hydrogen-bond acceptors (Lipinski definition) is 4. The van der Waals surface area contributed by atoms with Crippen LogP contribution < -0.4 is 16.0 Å². The Morgan fingerprint density at radius 3 is 2.76 bits per heavy atom. The van der Waals surface area contributed by atoms with Crippen molar-refractivity contribution in [1.29, 1.82) is 0 Å². The molecule has 1 amide bonds. The van der Waals surface area contributed by atoms with Crippen molar-refractivity contribution in [2.75, 3.05) is 13.1 Å². The number of aliphatic imine (C=N–C) groups is 1. The number of guanidine groups is 1. The monoisotopic (exact) mass is 463 g/mol. The van der Waals surface area contributed by atoms with Gasteiger partial charge in [0.25, 0.3) is 0 Å². The Balaban J connectivity index is 0.00000312. The van der Waals surface area contributed by atoms with Crippen LogP contribution >= 0.6 is 24.0 Å². The van der Waals surface area contributed by atoms with Crippen molar-refractivity contribution in [2.45, 2.75) is 65.0 Å². The summed E-state index contributed by atoms with van der Waals surface area (Å²) in [6, 6.07) is 2.38. The largest absolute Gasteiger partial charge is 0.359 e. The first-order chi connectivity index (χ1) is 11.6. The molecule has 1 aromatic rings. The Morgan fingerprint density at radius 2 is 2.16 bits per heavy atom. The second-order valence-electron chi connectivity index (χ2n) is 6.44. The molecule has 25 heavy (non-hydrogen) atoms. The maximum atomic E-state index is 11.6. The van der Waals surface area contributed by atoms with E-state index in [2.05, 4.69) is 39.9 Å². The van der Waals surface area contributed by atoms with Gasteiger partial charge in [-0.25, -0.2) is 4.99 Å². The van der Waals surface area contributed by atoms with E-state index in [0.717, 1.165) is 43.2 Å². The van der Waals surface area contributed by atoms with E-state index in [-0.39, 0.29) is 29.9 Å². The van der Waals surface area contributed by atoms with Crippen molar-refractivity contribution >= 4 is 35.8 Å². The second kappa shape index (κ2) is 11.3. The first-order valence-corrected chi connectivity index (χ1v) is 8.85. The van der Waals surface area contributed by atoms with Crippen LogP contribution in [0, 0.1) is 0 Å². The van der Waals surface area contributed by atoms with Gasteiger partial charge in [-0.1, -0.05) is 19.0 Å². The second-order valence-corrected chi connectivity index (χ2v) is 6.44. The number of halogens is 1. The summed E-state index contributed by atoms with van der Waals surface area (Å²) in [5, 5.41) is 13.5. The Hall–Kier alpha value is -1.32. The van der Waals surface area contributed by atoms with Gasteiger partial charge in [0.2, 0.25) is 5.91 Å². The molecule has 0 aliphatic heterocycles. The van der Waals surface area contributed by atoms with E-state index in [1.165, 1.54) is 0 Å². The van der Waals surface area contributed by atoms with E-state index in [4.69, 9.17) is 4.52 Å². The number of hydrogen-bond donors (Lipinski definition) is 3. The van der Waals surface area contributed by atoms with Gasteiger partial charge in [-0.2, -0.15) is 0 Å². The predicted octanol–water partition coefficient (Wildman–Crippen LogP) is 2.53. The molecule has 1 fully saturated rings. The molecule has 0 radical (unpaired) electrons. The normalized spacial score (nSPS) is 14.2. The molecular weight excluding hydrogens is 433 g/mol. The fourth-order valence-corrected chi connectivity index (χ4v) is 2.16. The zero-order valence-corrected chi connectivity index (χ0v) is 17.6. The van der Waals surface area contributed by atoms with Gasteiger partial charge in [0.1, 0.15) is 6.54 Å². The number of carbonyl (C=O) groups is 1. The van der Waals surface area contributed by atoms with Crippen molar-refractivity contribution < 1.29 is 9.32 Å². The molecule has 7 nitrogen and oxygen atoms in total. The molecule has 1 aliphatic carbocycles. The zero-order chi connectivity index (χ0) is 17.4. The summed E-state index contributed by atoms with van der Waals surface area (Å²) in [6.07, 6.45) is 3.58. The van der Waals surface area contributed by atoms with E-state index in [9.17, 15) is 4.79 Å². The van der Waals surface area contributed by atoms with E-state index in [1.807, 2.05) is 13.0 Å². The average Bonchev–Trinajstić information content (AvgIpc) is 3.22. The minimum atomic E-state index is 0. The van der Waals surface area contributed by atoms with Crippen molar-refractivity contribution in [3.05, 3.63) is 17.5 Å². The summed E-state index contributed by atoms with van der Waals surface area (Å²) >= 11 is 0. The molecule has 0 saturated heterocycles. The lowest BCUT2D eigenvalue weighted by atomic mass is 10.1. The van der Waals surface area contributed by atoms with Gasteiger partial charge >= 0.3 is 0 Å². The third-order valence-electron chi connectivity index (χ3n) is 3.72. The molecule has 2 rings (SSSR count). The van der Waals surface area contributed by atoms with Crippen LogP contribution in [0.4, 0.5) is 0 Å². The van der Waals surface area contributed by atoms with Gasteiger partial charge in [0, 0.05) is 31.6 Å². The Bertz CT molecular complexity index is 555. The van der Waals surface area contributed by atoms with Crippen molar-refractivity contribution in [1.82, 2.24) is 21.1 Å². The van der Waals surface area contributed by atoms with Gasteiger partial charge in [-0.3, -0.25) is 4.79 Å². The molecule has 8 heteroatoms. The molecule has 142 valence electrons. The van der Waals surface area contributed by atoms with Crippen molar-refractivity contribution in [3.63, 3.8) is 0 Å². The predicted molar refractivity (Wildman–Crippen MR) is 109 cm³/mol. The molecule has 1 aromatic heterocycles. The van der Waals surface area contributed by atoms with Crippen LogP contribution in [-0.2, 0) is 11.3 Å². The maximum absolute atomic E-state index is 11.6. The van der Waals surface area contributed by atoms with Crippen LogP contribution in [0.2, 0.25) is 0 Å². The molecule has 0 aromatic carbocycles. The third kappa shape index (κ3) is 8.55. The maximum Gasteiger partial charge on any atom is 0.220 e. The molecule has 1 aliphatic rings. The van der Waals surface area contributed by atoms with Crippen LogP contribution in [0.15, 0.2) is 15.6 Å². The third-order valence-corrected chi connectivity index (χ3v) is 3.72. The topological polar surface area (TPSA) is 91.6 Å². The van der Waals surface area contributed by atoms with Gasteiger partial charge in [-0.15, -0.1) is 24.0 Å². The number of carbonyl (C=O) groups excluding carboxylic acids is 1. The summed E-state index contributed by atoms with van der Waals surface area (Å²) in [5.41, 5.74) is 0.944. The van der Waals surface area contributed by atoms with Crippen LogP contribution in [0.1, 0.15) is 63.8 Å². The minimum absolute atomic E-state index is 0. The number of nitrogens with one attached hydrogen (secondary N) is 3. The molecular formula is C17H30IN5O2. The molecule has 0 unspecified atom stereocenters. The van der Waals surface area contributed by atoms with Crippen LogP contribution in [-0.4, -0.2) is 36.2 Å². The highest BCUT2D eigenvalue weighted by molar-refractivity contribution is 14.0. The van der Waals surface area contributed by atoms with Crippen LogP contribution in [0.5, 0.6) is 0 Å². The van der Waals surface area contributed by atoms with Gasteiger partial charge in [0.15, 0.2) is 11.7 Å². The van der Waals surface area contributed by atoms with E-state index in [0.29, 0.717) is 31.5 Å². The lowest BCUT2D eigenvalue weighted by Crippen LogP contribution is -2.38. The molecule has 3 N–H and O–H groups in total. The van der Waals surface area contributed by atoms with Gasteiger partial charge in [-0.05, 0) is 32.1 Å². The fourth-order valence-electron chi connectivity index (χ4n) is 2.16. The Morgan fingerprint density at radius 1 is 1.40 bits per heavy atom. The van der Waals surface area contributed by atoms with Crippen molar-refractivity contribution in [3.8, 4) is 0 Å². The summed E-state index contributed by atoms with van der Waals surface area (Å²) in [7, 11) is 0. The average molecular weight is 463 g/mol. The lowest BCUT2D eigenvalue weighted by Gasteiger charge is -2.10. The number of aromatic nitrogens is 1. The molecule has 0 spiro atoms. The van der Waals surface area contributed by atoms with Crippen molar-refractivity contribution in [2.24, 2.45) is 4.99 Å². The molecule has 0 bridgehead atoms. The SMILES string of the molecule is CCNC(=NCc1cc(C(C)C)no1)NCCCC(=O)NC1CC1.I. The van der Waals surface area contributed by atoms with Crippen LogP contribution in [0.3, 0.4) is 0 Å². The van der Waals surface area contributed by atoms with E-state index < -0.39 is 0 Å². The highest BCUT2D eigenvalue weighted by Crippen LogP contribution is 2.18. The number of nitrogens with zero attached hydrogens (tertiary/aromatic N) is 2. The zero-order valence-electron chi connectivity index (χ0n) is 15.3.